The van der Waals surface area contributed by atoms with Crippen LogP contribution in [0, 0.1) is 0 Å². The molecule has 0 radical (unpaired) electrons. The summed E-state index contributed by atoms with van der Waals surface area (Å²) < 4.78 is 5.67. The van der Waals surface area contributed by atoms with Crippen molar-refractivity contribution >= 4 is 0 Å². The van der Waals surface area contributed by atoms with E-state index in [2.05, 4.69) is 37.5 Å². The molecule has 1 heterocycles. The van der Waals surface area contributed by atoms with Crippen molar-refractivity contribution < 1.29 is 9.57 Å². The number of hydrogen-bond donors (Lipinski definition) is 1. The maximum atomic E-state index is 5.67. The summed E-state index contributed by atoms with van der Waals surface area (Å²) in [5, 5.41) is 0. The molecule has 17 heavy (non-hydrogen) atoms. The molecule has 3 heteroatoms. The Bertz CT molecular complexity index is 378. The third kappa shape index (κ3) is 2.61. The van der Waals surface area contributed by atoms with E-state index >= 15 is 0 Å². The monoisotopic (exact) mass is 235 g/mol. The number of hydrogen-bond acceptors (Lipinski definition) is 3. The molecule has 0 bridgehead atoms. The highest BCUT2D eigenvalue weighted by atomic mass is 16.6. The molecule has 1 aliphatic rings. The summed E-state index contributed by atoms with van der Waals surface area (Å²) in [6.07, 6.45) is 2.10. The lowest BCUT2D eigenvalue weighted by atomic mass is 9.92. The van der Waals surface area contributed by atoms with E-state index in [0.29, 0.717) is 5.92 Å². The summed E-state index contributed by atoms with van der Waals surface area (Å²) in [5.41, 5.74) is 5.64. The van der Waals surface area contributed by atoms with Crippen molar-refractivity contribution in [3.63, 3.8) is 0 Å². The largest absolute Gasteiger partial charge is 0.493 e. The van der Waals surface area contributed by atoms with Crippen molar-refractivity contribution in [1.82, 2.24) is 5.48 Å². The second-order valence-corrected chi connectivity index (χ2v) is 4.62. The molecule has 1 aliphatic heterocycles. The highest BCUT2D eigenvalue weighted by molar-refractivity contribution is 5.41. The van der Waals surface area contributed by atoms with E-state index in [4.69, 9.17) is 9.57 Å². The van der Waals surface area contributed by atoms with Crippen LogP contribution in [0.2, 0.25) is 0 Å². The Labute approximate surface area is 103 Å². The Hall–Kier alpha value is -1.06. The van der Waals surface area contributed by atoms with Gasteiger partial charge in [0.25, 0.3) is 0 Å². The van der Waals surface area contributed by atoms with Crippen molar-refractivity contribution in [2.45, 2.75) is 38.6 Å². The molecule has 0 aromatic heterocycles. The first-order chi connectivity index (χ1) is 8.26. The number of benzene rings is 1. The molecular formula is C14H21NO2. The van der Waals surface area contributed by atoms with Gasteiger partial charge in [0.2, 0.25) is 0 Å². The number of fused-ring (bicyclic) bond motifs is 1. The molecule has 2 rings (SSSR count). The minimum Gasteiger partial charge on any atom is -0.493 e. The molecule has 0 spiro atoms. The smallest absolute Gasteiger partial charge is 0.124 e. The maximum absolute atomic E-state index is 5.67. The minimum atomic E-state index is 0.243. The topological polar surface area (TPSA) is 30.5 Å². The highest BCUT2D eigenvalue weighted by Crippen LogP contribution is 2.34. The van der Waals surface area contributed by atoms with Gasteiger partial charge in [0.1, 0.15) is 5.75 Å². The lowest BCUT2D eigenvalue weighted by Gasteiger charge is -2.27. The van der Waals surface area contributed by atoms with Crippen molar-refractivity contribution in [3.05, 3.63) is 29.3 Å². The predicted octanol–water partition coefficient (Wildman–Crippen LogP) is 3.17. The zero-order chi connectivity index (χ0) is 12.3. The molecule has 0 saturated carbocycles. The van der Waals surface area contributed by atoms with Gasteiger partial charge in [-0.25, -0.2) is 0 Å². The first kappa shape index (κ1) is 12.4. The van der Waals surface area contributed by atoms with Gasteiger partial charge in [-0.2, -0.15) is 5.48 Å². The fraction of sp³-hybridized carbons (Fsp3) is 0.571. The normalized spacial score (nSPS) is 20.5. The van der Waals surface area contributed by atoms with Gasteiger partial charge in [0, 0.05) is 12.0 Å². The van der Waals surface area contributed by atoms with Crippen molar-refractivity contribution in [2.75, 3.05) is 13.7 Å². The summed E-state index contributed by atoms with van der Waals surface area (Å²) in [6, 6.07) is 6.75. The third-order valence-corrected chi connectivity index (χ3v) is 3.51. The lowest BCUT2D eigenvalue weighted by molar-refractivity contribution is 0.0462. The summed E-state index contributed by atoms with van der Waals surface area (Å²) in [5.74, 6) is 1.57. The van der Waals surface area contributed by atoms with Crippen LogP contribution < -0.4 is 10.2 Å². The fourth-order valence-electron chi connectivity index (χ4n) is 2.22. The Morgan fingerprint density at radius 1 is 1.53 bits per heavy atom. The minimum absolute atomic E-state index is 0.243. The van der Waals surface area contributed by atoms with Crippen molar-refractivity contribution in [1.29, 1.82) is 0 Å². The molecule has 1 N–H and O–H groups in total. The van der Waals surface area contributed by atoms with Gasteiger partial charge in [-0.15, -0.1) is 0 Å². The van der Waals surface area contributed by atoms with E-state index < -0.39 is 0 Å². The van der Waals surface area contributed by atoms with Crippen molar-refractivity contribution in [3.8, 4) is 5.75 Å². The summed E-state index contributed by atoms with van der Waals surface area (Å²) in [4.78, 5) is 5.06. The number of rotatable bonds is 4. The van der Waals surface area contributed by atoms with Gasteiger partial charge >= 0.3 is 0 Å². The second-order valence-electron chi connectivity index (χ2n) is 4.62. The Balaban J connectivity index is 2.30. The molecule has 0 amide bonds. The molecule has 0 saturated heterocycles. The highest BCUT2D eigenvalue weighted by Gasteiger charge is 2.22. The van der Waals surface area contributed by atoms with E-state index in [-0.39, 0.29) is 6.04 Å². The zero-order valence-corrected chi connectivity index (χ0v) is 10.8. The molecule has 1 aromatic rings. The van der Waals surface area contributed by atoms with Gasteiger partial charge in [0.15, 0.2) is 0 Å². The van der Waals surface area contributed by atoms with Crippen LogP contribution in [-0.2, 0) is 4.84 Å². The van der Waals surface area contributed by atoms with Crippen LogP contribution in [0.4, 0.5) is 0 Å². The number of nitrogens with one attached hydrogen (secondary N) is 1. The molecule has 0 fully saturated rings. The molecule has 94 valence electrons. The van der Waals surface area contributed by atoms with E-state index in [9.17, 15) is 0 Å². The van der Waals surface area contributed by atoms with E-state index in [0.717, 1.165) is 25.2 Å². The molecule has 0 aliphatic carbocycles. The van der Waals surface area contributed by atoms with Crippen LogP contribution in [0.3, 0.4) is 0 Å². The molecule has 2 unspecified atom stereocenters. The molecule has 1 aromatic carbocycles. The zero-order valence-electron chi connectivity index (χ0n) is 10.8. The van der Waals surface area contributed by atoms with Gasteiger partial charge in [0.05, 0.1) is 19.8 Å². The Morgan fingerprint density at radius 3 is 3.06 bits per heavy atom. The van der Waals surface area contributed by atoms with E-state index in [1.807, 2.05) is 0 Å². The Morgan fingerprint density at radius 2 is 2.35 bits per heavy atom. The second kappa shape index (κ2) is 5.52. The first-order valence-electron chi connectivity index (χ1n) is 6.31. The van der Waals surface area contributed by atoms with Crippen LogP contribution in [0.1, 0.15) is 49.8 Å². The van der Waals surface area contributed by atoms with Crippen LogP contribution in [0.15, 0.2) is 18.2 Å². The number of hydroxylamine groups is 1. The van der Waals surface area contributed by atoms with Crippen molar-refractivity contribution in [2.24, 2.45) is 0 Å². The third-order valence-electron chi connectivity index (χ3n) is 3.51. The van der Waals surface area contributed by atoms with Crippen LogP contribution in [-0.4, -0.2) is 13.7 Å². The standard InChI is InChI=1S/C14H21NO2/c1-4-10(2)11-5-6-14-12(9-11)13(15-16-3)7-8-17-14/h5-6,9-10,13,15H,4,7-8H2,1-3H3. The van der Waals surface area contributed by atoms with Crippen LogP contribution >= 0.6 is 0 Å². The fourth-order valence-corrected chi connectivity index (χ4v) is 2.22. The van der Waals surface area contributed by atoms with Gasteiger partial charge in [-0.05, 0) is 24.0 Å². The van der Waals surface area contributed by atoms with Crippen LogP contribution in [0.25, 0.3) is 0 Å². The SMILES string of the molecule is CCC(C)c1ccc2c(c1)C(NOC)CCO2. The Kier molecular flexibility index (Phi) is 4.02. The lowest BCUT2D eigenvalue weighted by Crippen LogP contribution is -2.26. The van der Waals surface area contributed by atoms with E-state index in [1.54, 1.807) is 7.11 Å². The summed E-state index contributed by atoms with van der Waals surface area (Å²) in [7, 11) is 1.66. The van der Waals surface area contributed by atoms with Crippen LogP contribution in [0.5, 0.6) is 5.75 Å². The van der Waals surface area contributed by atoms with E-state index in [1.165, 1.54) is 11.1 Å². The molecule has 2 atom stereocenters. The molecule has 3 nitrogen and oxygen atoms in total. The van der Waals surface area contributed by atoms with Gasteiger partial charge in [-0.1, -0.05) is 26.0 Å². The average molecular weight is 235 g/mol. The predicted molar refractivity (Wildman–Crippen MR) is 68.1 cm³/mol. The summed E-state index contributed by atoms with van der Waals surface area (Å²) >= 11 is 0. The maximum Gasteiger partial charge on any atom is 0.124 e. The first-order valence-corrected chi connectivity index (χ1v) is 6.31. The average Bonchev–Trinajstić information content (AvgIpc) is 2.38. The quantitative estimate of drug-likeness (QED) is 0.813. The molecular weight excluding hydrogens is 214 g/mol. The number of ether oxygens (including phenoxy) is 1. The van der Waals surface area contributed by atoms with Gasteiger partial charge in [-0.3, -0.25) is 0 Å². The summed E-state index contributed by atoms with van der Waals surface area (Å²) in [6.45, 7) is 5.21. The van der Waals surface area contributed by atoms with Gasteiger partial charge < -0.3 is 9.57 Å².